The zero-order chi connectivity index (χ0) is 16.2. The molecule has 0 aromatic carbocycles. The first kappa shape index (κ1) is 17.1. The normalized spacial score (nSPS) is 21.5. The van der Waals surface area contributed by atoms with Gasteiger partial charge in [0.1, 0.15) is 10.2 Å². The fourth-order valence-electron chi connectivity index (χ4n) is 2.69. The van der Waals surface area contributed by atoms with Crippen molar-refractivity contribution in [3.63, 3.8) is 0 Å². The summed E-state index contributed by atoms with van der Waals surface area (Å²) in [4.78, 5) is 16.0. The lowest BCUT2D eigenvalue weighted by Crippen LogP contribution is -2.38. The van der Waals surface area contributed by atoms with Crippen LogP contribution < -0.4 is 10.6 Å². The van der Waals surface area contributed by atoms with Gasteiger partial charge in [0.2, 0.25) is 0 Å². The zero-order valence-electron chi connectivity index (χ0n) is 13.4. The summed E-state index contributed by atoms with van der Waals surface area (Å²) in [6, 6.07) is 4.26. The van der Waals surface area contributed by atoms with Crippen molar-refractivity contribution >= 4 is 27.7 Å². The molecule has 2 atom stereocenters. The van der Waals surface area contributed by atoms with Gasteiger partial charge in [-0.3, -0.25) is 0 Å². The van der Waals surface area contributed by atoms with E-state index in [4.69, 9.17) is 4.74 Å². The molecule has 1 fully saturated rings. The number of hydrogen-bond acceptors (Lipinski definition) is 4. The van der Waals surface area contributed by atoms with Crippen LogP contribution in [0.25, 0.3) is 0 Å². The van der Waals surface area contributed by atoms with Crippen LogP contribution >= 0.6 is 15.9 Å². The van der Waals surface area contributed by atoms with Crippen LogP contribution in [0.5, 0.6) is 0 Å². The van der Waals surface area contributed by atoms with E-state index in [2.05, 4.69) is 31.5 Å². The molecular formula is C16H24BrN3O2. The summed E-state index contributed by atoms with van der Waals surface area (Å²) in [5, 5.41) is 6.41. The molecule has 0 saturated heterocycles. The highest BCUT2D eigenvalue weighted by Crippen LogP contribution is 2.30. The van der Waals surface area contributed by atoms with E-state index in [1.165, 1.54) is 0 Å². The van der Waals surface area contributed by atoms with Crippen molar-refractivity contribution < 1.29 is 9.53 Å². The lowest BCUT2D eigenvalue weighted by Gasteiger charge is -2.24. The quantitative estimate of drug-likeness (QED) is 0.788. The lowest BCUT2D eigenvalue weighted by atomic mass is 10.0. The summed E-state index contributed by atoms with van der Waals surface area (Å²) < 4.78 is 6.10. The Morgan fingerprint density at radius 1 is 1.45 bits per heavy atom. The van der Waals surface area contributed by atoms with Crippen LogP contribution in [0.2, 0.25) is 0 Å². The number of alkyl carbamates (subject to hydrolysis) is 1. The molecule has 22 heavy (non-hydrogen) atoms. The fraction of sp³-hybridized carbons (Fsp3) is 0.625. The van der Waals surface area contributed by atoms with Gasteiger partial charge in [-0.2, -0.15) is 0 Å². The van der Waals surface area contributed by atoms with Crippen LogP contribution in [0.15, 0.2) is 22.9 Å². The molecule has 1 aromatic heterocycles. The maximum atomic E-state index is 11.8. The molecule has 1 aromatic rings. The number of rotatable bonds is 4. The number of carbonyl (C=O) groups is 1. The average molecular weight is 370 g/mol. The van der Waals surface area contributed by atoms with E-state index >= 15 is 0 Å². The maximum absolute atomic E-state index is 11.8. The van der Waals surface area contributed by atoms with Crippen molar-refractivity contribution in [1.82, 2.24) is 10.3 Å². The Labute approximate surface area is 140 Å². The van der Waals surface area contributed by atoms with Gasteiger partial charge in [-0.05, 0) is 67.6 Å². The predicted molar refractivity (Wildman–Crippen MR) is 90.9 cm³/mol. The number of pyridine rings is 1. The van der Waals surface area contributed by atoms with Gasteiger partial charge in [0.25, 0.3) is 0 Å². The number of halogens is 1. The van der Waals surface area contributed by atoms with Gasteiger partial charge in [-0.15, -0.1) is 0 Å². The van der Waals surface area contributed by atoms with Crippen molar-refractivity contribution in [3.8, 4) is 0 Å². The Hall–Kier alpha value is -1.30. The molecule has 1 saturated carbocycles. The molecule has 1 aliphatic rings. The number of anilines is 1. The molecule has 1 amide bonds. The van der Waals surface area contributed by atoms with Gasteiger partial charge in [0.05, 0.1) is 5.69 Å². The Balaban J connectivity index is 1.86. The summed E-state index contributed by atoms with van der Waals surface area (Å²) in [5.41, 5.74) is 0.537. The number of nitrogens with zero attached hydrogens (tertiary/aromatic N) is 1. The van der Waals surface area contributed by atoms with E-state index in [0.29, 0.717) is 18.5 Å². The van der Waals surface area contributed by atoms with Crippen LogP contribution in [-0.2, 0) is 4.74 Å². The lowest BCUT2D eigenvalue weighted by molar-refractivity contribution is 0.0519. The second-order valence-electron chi connectivity index (χ2n) is 6.67. The van der Waals surface area contributed by atoms with E-state index < -0.39 is 5.60 Å². The van der Waals surface area contributed by atoms with Crippen molar-refractivity contribution in [2.45, 2.75) is 51.7 Å². The molecular weight excluding hydrogens is 346 g/mol. The van der Waals surface area contributed by atoms with Crippen LogP contribution in [0.1, 0.15) is 40.0 Å². The van der Waals surface area contributed by atoms with Crippen molar-refractivity contribution in [2.75, 3.05) is 11.9 Å². The Bertz CT molecular complexity index is 516. The molecule has 122 valence electrons. The minimum Gasteiger partial charge on any atom is -0.444 e. The smallest absolute Gasteiger partial charge is 0.407 e. The molecule has 1 heterocycles. The van der Waals surface area contributed by atoms with Crippen molar-refractivity contribution in [1.29, 1.82) is 0 Å². The Kier molecular flexibility index (Phi) is 5.67. The number of carbonyl (C=O) groups excluding carboxylic acids is 1. The largest absolute Gasteiger partial charge is 0.444 e. The highest BCUT2D eigenvalue weighted by atomic mass is 79.9. The molecule has 5 nitrogen and oxygen atoms in total. The number of aromatic nitrogens is 1. The van der Waals surface area contributed by atoms with Gasteiger partial charge >= 0.3 is 6.09 Å². The van der Waals surface area contributed by atoms with E-state index in [1.54, 1.807) is 6.20 Å². The maximum Gasteiger partial charge on any atom is 0.407 e. The van der Waals surface area contributed by atoms with E-state index in [-0.39, 0.29) is 6.09 Å². The minimum atomic E-state index is -0.460. The van der Waals surface area contributed by atoms with Gasteiger partial charge in [-0.1, -0.05) is 6.42 Å². The molecule has 2 unspecified atom stereocenters. The van der Waals surface area contributed by atoms with E-state index in [1.807, 2.05) is 32.9 Å². The van der Waals surface area contributed by atoms with Gasteiger partial charge in [-0.25, -0.2) is 9.78 Å². The monoisotopic (exact) mass is 369 g/mol. The highest BCUT2D eigenvalue weighted by Gasteiger charge is 2.28. The molecule has 0 aliphatic heterocycles. The molecule has 6 heteroatoms. The predicted octanol–water partition coefficient (Wildman–Crippen LogP) is 3.95. The van der Waals surface area contributed by atoms with Crippen molar-refractivity contribution in [3.05, 3.63) is 22.9 Å². The van der Waals surface area contributed by atoms with Crippen LogP contribution in [-0.4, -0.2) is 29.3 Å². The molecule has 0 spiro atoms. The molecule has 2 rings (SSSR count). The topological polar surface area (TPSA) is 63.2 Å². The molecule has 0 radical (unpaired) electrons. The highest BCUT2D eigenvalue weighted by molar-refractivity contribution is 9.10. The fourth-order valence-corrected chi connectivity index (χ4v) is 3.06. The van der Waals surface area contributed by atoms with Crippen LogP contribution in [0.3, 0.4) is 0 Å². The average Bonchev–Trinajstić information content (AvgIpc) is 2.84. The summed E-state index contributed by atoms with van der Waals surface area (Å²) >= 11 is 3.46. The van der Waals surface area contributed by atoms with Gasteiger partial charge < -0.3 is 15.4 Å². The summed E-state index contributed by atoms with van der Waals surface area (Å²) in [7, 11) is 0. The Morgan fingerprint density at radius 2 is 2.23 bits per heavy atom. The standard InChI is InChI=1S/C16H24BrN3O2/c1-16(2,3)22-15(21)19-10-11-6-4-7-12(11)20-13-8-5-9-18-14(13)17/h5,8-9,11-12,20H,4,6-7,10H2,1-3H3,(H,19,21). The molecule has 0 bridgehead atoms. The van der Waals surface area contributed by atoms with Crippen molar-refractivity contribution in [2.24, 2.45) is 5.92 Å². The minimum absolute atomic E-state index is 0.343. The second-order valence-corrected chi connectivity index (χ2v) is 7.42. The number of amides is 1. The first-order chi connectivity index (χ1) is 10.3. The van der Waals surface area contributed by atoms with E-state index in [9.17, 15) is 4.79 Å². The second kappa shape index (κ2) is 7.31. The number of ether oxygens (including phenoxy) is 1. The third-order valence-corrected chi connectivity index (χ3v) is 4.30. The van der Waals surface area contributed by atoms with Crippen LogP contribution in [0.4, 0.5) is 10.5 Å². The molecule has 2 N–H and O–H groups in total. The zero-order valence-corrected chi connectivity index (χ0v) is 14.9. The summed E-state index contributed by atoms with van der Waals surface area (Å²) in [5.74, 6) is 0.402. The first-order valence-corrected chi connectivity index (χ1v) is 8.48. The first-order valence-electron chi connectivity index (χ1n) is 7.69. The SMILES string of the molecule is CC(C)(C)OC(=O)NCC1CCCC1Nc1cccnc1Br. The van der Waals surface area contributed by atoms with Crippen LogP contribution in [0, 0.1) is 5.92 Å². The number of nitrogens with one attached hydrogen (secondary N) is 2. The Morgan fingerprint density at radius 3 is 2.91 bits per heavy atom. The van der Waals surface area contributed by atoms with Gasteiger partial charge in [0.15, 0.2) is 0 Å². The number of hydrogen-bond donors (Lipinski definition) is 2. The molecule has 1 aliphatic carbocycles. The van der Waals surface area contributed by atoms with Gasteiger partial charge in [0, 0.05) is 18.8 Å². The summed E-state index contributed by atoms with van der Waals surface area (Å²) in [6.07, 6.45) is 4.77. The third kappa shape index (κ3) is 5.16. The van der Waals surface area contributed by atoms with E-state index in [0.717, 1.165) is 29.6 Å². The third-order valence-electron chi connectivity index (χ3n) is 3.67. The summed E-state index contributed by atoms with van der Waals surface area (Å²) in [6.45, 7) is 6.23.